The maximum Gasteiger partial charge on any atom is 0.0364 e. The zero-order chi connectivity index (χ0) is 13.5. The van der Waals surface area contributed by atoms with Crippen molar-refractivity contribution in [1.82, 2.24) is 0 Å². The summed E-state index contributed by atoms with van der Waals surface area (Å²) in [7, 11) is 0. The smallest absolute Gasteiger partial charge is 0.0364 e. The molecule has 0 aliphatic carbocycles. The average Bonchev–Trinajstić information content (AvgIpc) is 2.87. The van der Waals surface area contributed by atoms with Crippen molar-refractivity contribution in [2.24, 2.45) is 0 Å². The van der Waals surface area contributed by atoms with E-state index in [1.54, 1.807) is 0 Å². The van der Waals surface area contributed by atoms with Crippen molar-refractivity contribution in [2.75, 3.05) is 0 Å². The van der Waals surface area contributed by atoms with Gasteiger partial charge in [0.15, 0.2) is 0 Å². The van der Waals surface area contributed by atoms with Crippen molar-refractivity contribution in [1.29, 1.82) is 0 Å². The molecule has 0 bridgehead atoms. The van der Waals surface area contributed by atoms with Crippen LogP contribution in [0.1, 0.15) is 5.56 Å². The predicted octanol–water partition coefficient (Wildman–Crippen LogP) is 6.03. The second-order valence-corrected chi connectivity index (χ2v) is 6.21. The summed E-state index contributed by atoms with van der Waals surface area (Å²) in [6, 6.07) is 23.9. The highest BCUT2D eigenvalue weighted by atomic mass is 32.1. The fraction of sp³-hybridized carbons (Fsp3) is 0.0526. The summed E-state index contributed by atoms with van der Waals surface area (Å²) in [5, 5.41) is 2.79. The van der Waals surface area contributed by atoms with Crippen LogP contribution in [0.15, 0.2) is 66.7 Å². The normalized spacial score (nSPS) is 11.2. The fourth-order valence-corrected chi connectivity index (χ4v) is 4.08. The molecule has 20 heavy (non-hydrogen) atoms. The van der Waals surface area contributed by atoms with Gasteiger partial charge in [0.05, 0.1) is 0 Å². The first-order valence-electron chi connectivity index (χ1n) is 6.80. The first-order valence-corrected chi connectivity index (χ1v) is 7.62. The van der Waals surface area contributed by atoms with Gasteiger partial charge in [0.25, 0.3) is 0 Å². The minimum Gasteiger partial charge on any atom is -0.135 e. The van der Waals surface area contributed by atoms with E-state index in [9.17, 15) is 0 Å². The van der Waals surface area contributed by atoms with E-state index in [0.29, 0.717) is 0 Å². The SMILES string of the molecule is Cc1cc(-c2ccccc2)cc2sc3ccccc3c12. The third kappa shape index (κ3) is 1.75. The van der Waals surface area contributed by atoms with Gasteiger partial charge in [0.2, 0.25) is 0 Å². The maximum absolute atomic E-state index is 2.32. The van der Waals surface area contributed by atoms with Gasteiger partial charge in [0.1, 0.15) is 0 Å². The van der Waals surface area contributed by atoms with Crippen LogP contribution in [0.3, 0.4) is 0 Å². The van der Waals surface area contributed by atoms with Crippen molar-refractivity contribution in [3.63, 3.8) is 0 Å². The summed E-state index contributed by atoms with van der Waals surface area (Å²) in [4.78, 5) is 0. The fourth-order valence-electron chi connectivity index (χ4n) is 2.86. The van der Waals surface area contributed by atoms with Crippen molar-refractivity contribution in [3.05, 3.63) is 72.3 Å². The summed E-state index contributed by atoms with van der Waals surface area (Å²) in [6.07, 6.45) is 0. The third-order valence-electron chi connectivity index (χ3n) is 3.78. The molecule has 1 aromatic heterocycles. The number of hydrogen-bond donors (Lipinski definition) is 0. The summed E-state index contributed by atoms with van der Waals surface area (Å²) < 4.78 is 2.75. The molecule has 0 fully saturated rings. The van der Waals surface area contributed by atoms with Crippen LogP contribution >= 0.6 is 11.3 Å². The van der Waals surface area contributed by atoms with E-state index in [1.165, 1.54) is 36.9 Å². The Morgan fingerprint density at radius 3 is 2.30 bits per heavy atom. The van der Waals surface area contributed by atoms with Crippen molar-refractivity contribution in [3.8, 4) is 11.1 Å². The van der Waals surface area contributed by atoms with Gasteiger partial charge in [-0.15, -0.1) is 11.3 Å². The van der Waals surface area contributed by atoms with E-state index in [2.05, 4.69) is 73.7 Å². The molecule has 0 radical (unpaired) electrons. The minimum atomic E-state index is 1.29. The van der Waals surface area contributed by atoms with E-state index < -0.39 is 0 Å². The maximum atomic E-state index is 2.32. The Labute approximate surface area is 122 Å². The largest absolute Gasteiger partial charge is 0.135 e. The molecule has 0 unspecified atom stereocenters. The Kier molecular flexibility index (Phi) is 2.61. The topological polar surface area (TPSA) is 0 Å². The Hall–Kier alpha value is -2.12. The first kappa shape index (κ1) is 11.7. The lowest BCUT2D eigenvalue weighted by molar-refractivity contribution is 1.54. The number of hydrogen-bond acceptors (Lipinski definition) is 1. The Morgan fingerprint density at radius 1 is 0.700 bits per heavy atom. The van der Waals surface area contributed by atoms with Crippen molar-refractivity contribution >= 4 is 31.5 Å². The monoisotopic (exact) mass is 274 g/mol. The molecule has 0 aliphatic rings. The van der Waals surface area contributed by atoms with Crippen LogP contribution in [-0.4, -0.2) is 0 Å². The van der Waals surface area contributed by atoms with Crippen LogP contribution in [0.25, 0.3) is 31.3 Å². The molecule has 0 amide bonds. The lowest BCUT2D eigenvalue weighted by Crippen LogP contribution is -1.80. The van der Waals surface area contributed by atoms with Gasteiger partial charge >= 0.3 is 0 Å². The van der Waals surface area contributed by atoms with Crippen LogP contribution < -0.4 is 0 Å². The molecule has 0 saturated heterocycles. The van der Waals surface area contributed by atoms with Crippen molar-refractivity contribution in [2.45, 2.75) is 6.92 Å². The minimum absolute atomic E-state index is 1.29. The highest BCUT2D eigenvalue weighted by Gasteiger charge is 2.09. The van der Waals surface area contributed by atoms with Crippen LogP contribution in [0.5, 0.6) is 0 Å². The van der Waals surface area contributed by atoms with Gasteiger partial charge in [-0.25, -0.2) is 0 Å². The van der Waals surface area contributed by atoms with E-state index in [-0.39, 0.29) is 0 Å². The number of aryl methyl sites for hydroxylation is 1. The summed E-state index contributed by atoms with van der Waals surface area (Å²) >= 11 is 1.88. The van der Waals surface area contributed by atoms with E-state index in [4.69, 9.17) is 0 Å². The molecular formula is C19H14S. The highest BCUT2D eigenvalue weighted by molar-refractivity contribution is 7.25. The molecule has 4 rings (SSSR count). The second kappa shape index (κ2) is 4.46. The number of rotatable bonds is 1. The predicted molar refractivity (Wildman–Crippen MR) is 89.5 cm³/mol. The van der Waals surface area contributed by atoms with Gasteiger partial charge < -0.3 is 0 Å². The second-order valence-electron chi connectivity index (χ2n) is 5.13. The van der Waals surface area contributed by atoms with E-state index >= 15 is 0 Å². The van der Waals surface area contributed by atoms with Gasteiger partial charge in [-0.05, 0) is 35.7 Å². The van der Waals surface area contributed by atoms with Crippen LogP contribution in [0.4, 0.5) is 0 Å². The van der Waals surface area contributed by atoms with Gasteiger partial charge in [-0.3, -0.25) is 0 Å². The lowest BCUT2D eigenvalue weighted by atomic mass is 10.00. The quantitative estimate of drug-likeness (QED) is 0.397. The number of thiophene rings is 1. The summed E-state index contributed by atoms with van der Waals surface area (Å²) in [5.74, 6) is 0. The zero-order valence-electron chi connectivity index (χ0n) is 11.3. The van der Waals surface area contributed by atoms with Crippen molar-refractivity contribution < 1.29 is 0 Å². The first-order chi connectivity index (χ1) is 9.83. The molecule has 4 aromatic rings. The zero-order valence-corrected chi connectivity index (χ0v) is 12.1. The molecule has 0 spiro atoms. The third-order valence-corrected chi connectivity index (χ3v) is 4.90. The van der Waals surface area contributed by atoms with Crippen LogP contribution in [-0.2, 0) is 0 Å². The Morgan fingerprint density at radius 2 is 1.45 bits per heavy atom. The highest BCUT2D eigenvalue weighted by Crippen LogP contribution is 2.38. The molecule has 96 valence electrons. The average molecular weight is 274 g/mol. The van der Waals surface area contributed by atoms with E-state index in [1.807, 2.05) is 11.3 Å². The lowest BCUT2D eigenvalue weighted by Gasteiger charge is -2.05. The molecule has 1 heteroatoms. The molecule has 0 N–H and O–H groups in total. The molecule has 0 atom stereocenters. The summed E-state index contributed by atoms with van der Waals surface area (Å²) in [5.41, 5.74) is 3.95. The summed E-state index contributed by atoms with van der Waals surface area (Å²) in [6.45, 7) is 2.22. The molecule has 3 aromatic carbocycles. The molecule has 0 nitrogen and oxygen atoms in total. The van der Waals surface area contributed by atoms with Gasteiger partial charge in [-0.1, -0.05) is 54.6 Å². The number of fused-ring (bicyclic) bond motifs is 3. The number of benzene rings is 3. The molecule has 0 saturated carbocycles. The van der Waals surface area contributed by atoms with Gasteiger partial charge in [-0.2, -0.15) is 0 Å². The molecule has 0 aliphatic heterocycles. The Balaban J connectivity index is 2.06. The van der Waals surface area contributed by atoms with Crippen LogP contribution in [0, 0.1) is 6.92 Å². The van der Waals surface area contributed by atoms with Gasteiger partial charge in [0, 0.05) is 20.2 Å². The molecule has 1 heterocycles. The van der Waals surface area contributed by atoms with E-state index in [0.717, 1.165) is 0 Å². The Bertz CT molecular complexity index is 901. The van der Waals surface area contributed by atoms with Crippen LogP contribution in [0.2, 0.25) is 0 Å². The molecular weight excluding hydrogens is 260 g/mol. The standard InChI is InChI=1S/C19H14S/c1-13-11-15(14-7-3-2-4-8-14)12-18-19(13)16-9-5-6-10-17(16)20-18/h2-12H,1H3.